The summed E-state index contributed by atoms with van der Waals surface area (Å²) in [6.45, 7) is 8.46. The van der Waals surface area contributed by atoms with E-state index in [1.54, 1.807) is 0 Å². The predicted molar refractivity (Wildman–Crippen MR) is 81.1 cm³/mol. The molecule has 0 aliphatic rings. The third-order valence-electron chi connectivity index (χ3n) is 2.90. The van der Waals surface area contributed by atoms with Crippen LogP contribution in [0.2, 0.25) is 0 Å². The minimum atomic E-state index is 0.616. The van der Waals surface area contributed by atoms with E-state index in [2.05, 4.69) is 68.4 Å². The zero-order valence-corrected chi connectivity index (χ0v) is 12.0. The van der Waals surface area contributed by atoms with Crippen LogP contribution in [0.25, 0.3) is 0 Å². The number of hydrogen-bond acceptors (Lipinski definition) is 0. The van der Waals surface area contributed by atoms with Crippen LogP contribution in [0.1, 0.15) is 50.3 Å². The first kappa shape index (κ1) is 14.5. The van der Waals surface area contributed by atoms with Gasteiger partial charge in [-0.25, -0.2) is 0 Å². The Bertz CT molecular complexity index is 423. The van der Waals surface area contributed by atoms with E-state index in [4.69, 9.17) is 0 Å². The minimum absolute atomic E-state index is 0.616. The molecule has 0 spiro atoms. The zero-order valence-electron chi connectivity index (χ0n) is 12.0. The van der Waals surface area contributed by atoms with Gasteiger partial charge in [-0.3, -0.25) is 0 Å². The van der Waals surface area contributed by atoms with E-state index in [1.807, 2.05) is 13.8 Å². The summed E-state index contributed by atoms with van der Waals surface area (Å²) >= 11 is 0. The van der Waals surface area contributed by atoms with Crippen LogP contribution in [0.5, 0.6) is 0 Å². The highest BCUT2D eigenvalue weighted by Gasteiger charge is 1.99. The highest BCUT2D eigenvalue weighted by atomic mass is 14.0. The summed E-state index contributed by atoms with van der Waals surface area (Å²) < 4.78 is 0. The molecule has 0 N–H and O–H groups in total. The lowest BCUT2D eigenvalue weighted by Gasteiger charge is -2.07. The van der Waals surface area contributed by atoms with Crippen molar-refractivity contribution in [1.82, 2.24) is 0 Å². The first-order valence-electron chi connectivity index (χ1n) is 6.88. The van der Waals surface area contributed by atoms with Crippen LogP contribution in [0.15, 0.2) is 54.6 Å². The smallest absolute Gasteiger partial charge is 0.00258 e. The Labute approximate surface area is 112 Å². The average Bonchev–Trinajstić information content (AvgIpc) is 2.43. The first-order valence-corrected chi connectivity index (χ1v) is 6.88. The maximum Gasteiger partial charge on any atom is -0.00258 e. The molecule has 0 aliphatic heterocycles. The zero-order chi connectivity index (χ0) is 13.4. The standard InChI is InChI=1S/C16H18.C2H6/c1-13(2)16-10-8-15(9-11-16)12-14-6-4-3-5-7-14;1-2/h3-11,13H,12H2,1-2H3;1-2H3. The van der Waals surface area contributed by atoms with Crippen LogP contribution < -0.4 is 0 Å². The first-order chi connectivity index (χ1) is 8.75. The maximum atomic E-state index is 2.24. The largest absolute Gasteiger partial charge is 0.0683 e. The molecule has 18 heavy (non-hydrogen) atoms. The quantitative estimate of drug-likeness (QED) is 0.671. The van der Waals surface area contributed by atoms with Crippen LogP contribution in [-0.2, 0) is 6.42 Å². The van der Waals surface area contributed by atoms with Crippen molar-refractivity contribution in [3.8, 4) is 0 Å². The van der Waals surface area contributed by atoms with Crippen molar-refractivity contribution in [2.45, 2.75) is 40.0 Å². The summed E-state index contributed by atoms with van der Waals surface area (Å²) in [7, 11) is 0. The van der Waals surface area contributed by atoms with Gasteiger partial charge in [-0.15, -0.1) is 0 Å². The van der Waals surface area contributed by atoms with Gasteiger partial charge in [0.15, 0.2) is 0 Å². The molecule has 0 unspecified atom stereocenters. The summed E-state index contributed by atoms with van der Waals surface area (Å²) in [4.78, 5) is 0. The Balaban J connectivity index is 0.000000771. The van der Waals surface area contributed by atoms with Gasteiger partial charge in [0.2, 0.25) is 0 Å². The molecule has 2 rings (SSSR count). The molecule has 0 radical (unpaired) electrons. The van der Waals surface area contributed by atoms with Gasteiger partial charge in [0.1, 0.15) is 0 Å². The maximum absolute atomic E-state index is 2.24. The van der Waals surface area contributed by atoms with Crippen molar-refractivity contribution in [3.05, 3.63) is 71.3 Å². The summed E-state index contributed by atoms with van der Waals surface area (Å²) in [5.41, 5.74) is 4.17. The van der Waals surface area contributed by atoms with Crippen LogP contribution in [0, 0.1) is 0 Å². The number of benzene rings is 2. The van der Waals surface area contributed by atoms with Crippen molar-refractivity contribution < 1.29 is 0 Å². The van der Waals surface area contributed by atoms with Crippen LogP contribution in [0.3, 0.4) is 0 Å². The van der Waals surface area contributed by atoms with E-state index in [1.165, 1.54) is 16.7 Å². The molecule has 0 heterocycles. The summed E-state index contributed by atoms with van der Waals surface area (Å²) in [6, 6.07) is 19.6. The summed E-state index contributed by atoms with van der Waals surface area (Å²) in [5.74, 6) is 0.616. The highest BCUT2D eigenvalue weighted by Crippen LogP contribution is 2.16. The van der Waals surface area contributed by atoms with E-state index in [9.17, 15) is 0 Å². The number of hydrogen-bond donors (Lipinski definition) is 0. The lowest BCUT2D eigenvalue weighted by molar-refractivity contribution is 0.865. The van der Waals surface area contributed by atoms with Crippen LogP contribution in [-0.4, -0.2) is 0 Å². The predicted octanol–water partition coefficient (Wildman–Crippen LogP) is 5.43. The van der Waals surface area contributed by atoms with Gasteiger partial charge in [-0.05, 0) is 29.0 Å². The SMILES string of the molecule is CC.CC(C)c1ccc(Cc2ccccc2)cc1. The molecule has 2 aromatic carbocycles. The second kappa shape index (κ2) is 7.71. The van der Waals surface area contributed by atoms with Gasteiger partial charge in [0.25, 0.3) is 0 Å². The fourth-order valence-corrected chi connectivity index (χ4v) is 1.85. The van der Waals surface area contributed by atoms with E-state index >= 15 is 0 Å². The molecule has 0 atom stereocenters. The molecule has 0 fully saturated rings. The van der Waals surface area contributed by atoms with E-state index < -0.39 is 0 Å². The van der Waals surface area contributed by atoms with Crippen molar-refractivity contribution in [2.24, 2.45) is 0 Å². The molecule has 96 valence electrons. The van der Waals surface area contributed by atoms with Gasteiger partial charge < -0.3 is 0 Å². The van der Waals surface area contributed by atoms with Gasteiger partial charge in [-0.1, -0.05) is 82.3 Å². The molecule has 0 heteroatoms. The molecule has 2 aromatic rings. The van der Waals surface area contributed by atoms with Gasteiger partial charge in [-0.2, -0.15) is 0 Å². The number of rotatable bonds is 3. The normalized spacial score (nSPS) is 9.83. The third-order valence-corrected chi connectivity index (χ3v) is 2.90. The fraction of sp³-hybridized carbons (Fsp3) is 0.333. The molecular weight excluding hydrogens is 216 g/mol. The Morgan fingerprint density at radius 3 is 1.72 bits per heavy atom. The van der Waals surface area contributed by atoms with Gasteiger partial charge >= 0.3 is 0 Å². The third kappa shape index (κ3) is 4.37. The van der Waals surface area contributed by atoms with Crippen molar-refractivity contribution in [3.63, 3.8) is 0 Å². The molecular formula is C18H24. The highest BCUT2D eigenvalue weighted by molar-refractivity contribution is 5.29. The molecule has 0 saturated heterocycles. The van der Waals surface area contributed by atoms with E-state index in [0.29, 0.717) is 5.92 Å². The minimum Gasteiger partial charge on any atom is -0.0683 e. The van der Waals surface area contributed by atoms with Crippen molar-refractivity contribution >= 4 is 0 Å². The molecule has 0 aliphatic carbocycles. The Morgan fingerprint density at radius 1 is 0.722 bits per heavy atom. The topological polar surface area (TPSA) is 0 Å². The van der Waals surface area contributed by atoms with Crippen LogP contribution >= 0.6 is 0 Å². The lowest BCUT2D eigenvalue weighted by Crippen LogP contribution is -1.90. The Hall–Kier alpha value is -1.56. The summed E-state index contributed by atoms with van der Waals surface area (Å²) in [5, 5.41) is 0. The average molecular weight is 240 g/mol. The second-order valence-electron chi connectivity index (χ2n) is 4.56. The monoisotopic (exact) mass is 240 g/mol. The lowest BCUT2D eigenvalue weighted by atomic mass is 9.99. The molecule has 0 aromatic heterocycles. The summed E-state index contributed by atoms with van der Waals surface area (Å²) in [6.07, 6.45) is 1.03. The molecule has 0 nitrogen and oxygen atoms in total. The van der Waals surface area contributed by atoms with Crippen molar-refractivity contribution in [2.75, 3.05) is 0 Å². The molecule has 0 bridgehead atoms. The Morgan fingerprint density at radius 2 is 1.22 bits per heavy atom. The molecule has 0 saturated carbocycles. The van der Waals surface area contributed by atoms with Gasteiger partial charge in [0.05, 0.1) is 0 Å². The molecule has 0 amide bonds. The van der Waals surface area contributed by atoms with Crippen LogP contribution in [0.4, 0.5) is 0 Å². The van der Waals surface area contributed by atoms with E-state index in [-0.39, 0.29) is 0 Å². The van der Waals surface area contributed by atoms with E-state index in [0.717, 1.165) is 6.42 Å². The second-order valence-corrected chi connectivity index (χ2v) is 4.56. The Kier molecular flexibility index (Phi) is 6.21. The van der Waals surface area contributed by atoms with Crippen molar-refractivity contribution in [1.29, 1.82) is 0 Å². The van der Waals surface area contributed by atoms with Gasteiger partial charge in [0, 0.05) is 0 Å². The fourth-order valence-electron chi connectivity index (χ4n) is 1.85.